The average molecular weight is 329 g/mol. The number of aryl methyl sites for hydroxylation is 1. The zero-order valence-electron chi connectivity index (χ0n) is 13.4. The lowest BCUT2D eigenvalue weighted by molar-refractivity contribution is -0.140. The summed E-state index contributed by atoms with van der Waals surface area (Å²) in [5.41, 5.74) is 2.02. The van der Waals surface area contributed by atoms with Crippen LogP contribution in [0.1, 0.15) is 36.6 Å². The molecule has 1 aromatic heterocycles. The fraction of sp³-hybridized carbons (Fsp3) is 0.412. The molecule has 24 heavy (non-hydrogen) atoms. The molecule has 7 heteroatoms. The van der Waals surface area contributed by atoms with E-state index in [0.717, 1.165) is 17.5 Å². The first kappa shape index (κ1) is 16.2. The Hall–Kier alpha value is -2.70. The first-order valence-corrected chi connectivity index (χ1v) is 7.93. The van der Waals surface area contributed by atoms with Crippen molar-refractivity contribution in [3.63, 3.8) is 0 Å². The molecule has 126 valence electrons. The fourth-order valence-corrected chi connectivity index (χ4v) is 2.77. The highest BCUT2D eigenvalue weighted by molar-refractivity contribution is 5.81. The number of aromatic nitrogens is 2. The lowest BCUT2D eigenvalue weighted by Gasteiger charge is -2.14. The smallest absolute Gasteiger partial charge is 0.303 e. The van der Waals surface area contributed by atoms with Gasteiger partial charge < -0.3 is 14.4 Å². The first-order valence-electron chi connectivity index (χ1n) is 7.93. The van der Waals surface area contributed by atoms with E-state index in [-0.39, 0.29) is 24.7 Å². The lowest BCUT2D eigenvalue weighted by Crippen LogP contribution is -2.28. The largest absolute Gasteiger partial charge is 0.481 e. The minimum absolute atomic E-state index is 0.00507. The van der Waals surface area contributed by atoms with Gasteiger partial charge in [-0.1, -0.05) is 17.7 Å². The zero-order valence-corrected chi connectivity index (χ0v) is 13.4. The van der Waals surface area contributed by atoms with Crippen molar-refractivity contribution in [3.05, 3.63) is 35.7 Å². The van der Waals surface area contributed by atoms with Gasteiger partial charge in [0.05, 0.1) is 12.3 Å². The Morgan fingerprint density at radius 2 is 2.00 bits per heavy atom. The Balaban J connectivity index is 1.63. The number of carbonyl (C=O) groups is 2. The third-order valence-corrected chi connectivity index (χ3v) is 4.18. The van der Waals surface area contributed by atoms with Gasteiger partial charge in [0, 0.05) is 25.1 Å². The summed E-state index contributed by atoms with van der Waals surface area (Å²) in [5.74, 6) is -0.0952. The Morgan fingerprint density at radius 3 is 2.71 bits per heavy atom. The summed E-state index contributed by atoms with van der Waals surface area (Å²) in [6.45, 7) is 3.09. The molecule has 1 amide bonds. The Morgan fingerprint density at radius 1 is 1.25 bits per heavy atom. The van der Waals surface area contributed by atoms with Crippen LogP contribution in [0.4, 0.5) is 0 Å². The van der Waals surface area contributed by atoms with Gasteiger partial charge in [0.2, 0.25) is 17.7 Å². The van der Waals surface area contributed by atoms with E-state index in [4.69, 9.17) is 9.52 Å². The highest BCUT2D eigenvalue weighted by atomic mass is 16.4. The van der Waals surface area contributed by atoms with Crippen molar-refractivity contribution in [2.75, 3.05) is 13.1 Å². The third-order valence-electron chi connectivity index (χ3n) is 4.18. The van der Waals surface area contributed by atoms with Crippen molar-refractivity contribution in [2.45, 2.75) is 32.1 Å². The van der Waals surface area contributed by atoms with Crippen LogP contribution in [0.2, 0.25) is 0 Å². The molecular formula is C17H19N3O4. The second-order valence-electron chi connectivity index (χ2n) is 6.03. The van der Waals surface area contributed by atoms with E-state index in [2.05, 4.69) is 10.2 Å². The van der Waals surface area contributed by atoms with Crippen LogP contribution in [0.15, 0.2) is 28.7 Å². The van der Waals surface area contributed by atoms with Gasteiger partial charge in [-0.15, -0.1) is 10.2 Å². The van der Waals surface area contributed by atoms with Crippen LogP contribution >= 0.6 is 0 Å². The molecule has 2 aromatic rings. The van der Waals surface area contributed by atoms with E-state index in [1.807, 2.05) is 31.2 Å². The highest BCUT2D eigenvalue weighted by Crippen LogP contribution is 2.29. The first-order chi connectivity index (χ1) is 11.5. The summed E-state index contributed by atoms with van der Waals surface area (Å²) < 4.78 is 5.77. The van der Waals surface area contributed by atoms with Crippen molar-refractivity contribution in [2.24, 2.45) is 0 Å². The topological polar surface area (TPSA) is 96.5 Å². The van der Waals surface area contributed by atoms with Crippen LogP contribution in [0.3, 0.4) is 0 Å². The summed E-state index contributed by atoms with van der Waals surface area (Å²) in [7, 11) is 0. The molecule has 1 aliphatic rings. The van der Waals surface area contributed by atoms with E-state index < -0.39 is 5.97 Å². The maximum atomic E-state index is 12.0. The van der Waals surface area contributed by atoms with Gasteiger partial charge in [-0.3, -0.25) is 9.59 Å². The van der Waals surface area contributed by atoms with Crippen molar-refractivity contribution in [1.82, 2.24) is 15.1 Å². The van der Waals surface area contributed by atoms with Crippen molar-refractivity contribution in [1.29, 1.82) is 0 Å². The third kappa shape index (κ3) is 3.61. The van der Waals surface area contributed by atoms with E-state index >= 15 is 0 Å². The second-order valence-corrected chi connectivity index (χ2v) is 6.03. The molecule has 1 saturated heterocycles. The Kier molecular flexibility index (Phi) is 4.59. The fourth-order valence-electron chi connectivity index (χ4n) is 2.77. The number of hydrogen-bond donors (Lipinski definition) is 1. The second kappa shape index (κ2) is 6.82. The zero-order chi connectivity index (χ0) is 17.1. The number of amides is 1. The molecule has 0 aliphatic carbocycles. The lowest BCUT2D eigenvalue weighted by atomic mass is 10.1. The van der Waals surface area contributed by atoms with Gasteiger partial charge in [0.15, 0.2) is 0 Å². The SMILES string of the molecule is Cc1ccc(-c2nnc([C@H]3CCN(C(=O)CCC(=O)O)C3)o2)cc1. The molecule has 0 unspecified atom stereocenters. The molecule has 0 saturated carbocycles. The number of nitrogens with zero attached hydrogens (tertiary/aromatic N) is 3. The minimum Gasteiger partial charge on any atom is -0.481 e. The molecular weight excluding hydrogens is 310 g/mol. The van der Waals surface area contributed by atoms with E-state index in [1.165, 1.54) is 0 Å². The molecule has 1 fully saturated rings. The van der Waals surface area contributed by atoms with Crippen LogP contribution < -0.4 is 0 Å². The van der Waals surface area contributed by atoms with Gasteiger partial charge in [-0.05, 0) is 25.5 Å². The summed E-state index contributed by atoms with van der Waals surface area (Å²) >= 11 is 0. The number of benzene rings is 1. The number of aliphatic carboxylic acids is 1. The predicted octanol–water partition coefficient (Wildman–Crippen LogP) is 2.23. The number of rotatable bonds is 5. The number of hydrogen-bond acceptors (Lipinski definition) is 5. The predicted molar refractivity (Wildman–Crippen MR) is 85.3 cm³/mol. The van der Waals surface area contributed by atoms with E-state index in [9.17, 15) is 9.59 Å². The van der Waals surface area contributed by atoms with Gasteiger partial charge in [0.1, 0.15) is 0 Å². The molecule has 1 N–H and O–H groups in total. The molecule has 1 aliphatic heterocycles. The maximum absolute atomic E-state index is 12.0. The number of likely N-dealkylation sites (tertiary alicyclic amines) is 1. The number of carboxylic acids is 1. The van der Waals surface area contributed by atoms with Crippen LogP contribution in [0.5, 0.6) is 0 Å². The normalized spacial score (nSPS) is 17.2. The number of carbonyl (C=O) groups excluding carboxylic acids is 1. The van der Waals surface area contributed by atoms with Gasteiger partial charge >= 0.3 is 5.97 Å². The molecule has 1 aromatic carbocycles. The van der Waals surface area contributed by atoms with Crippen LogP contribution in [0, 0.1) is 6.92 Å². The monoisotopic (exact) mass is 329 g/mol. The minimum atomic E-state index is -0.960. The highest BCUT2D eigenvalue weighted by Gasteiger charge is 2.31. The van der Waals surface area contributed by atoms with E-state index in [0.29, 0.717) is 24.9 Å². The molecule has 0 spiro atoms. The molecule has 0 bridgehead atoms. The summed E-state index contributed by atoms with van der Waals surface area (Å²) in [5, 5.41) is 16.9. The van der Waals surface area contributed by atoms with Crippen molar-refractivity contribution in [3.8, 4) is 11.5 Å². The van der Waals surface area contributed by atoms with Crippen molar-refractivity contribution < 1.29 is 19.1 Å². The molecule has 1 atom stereocenters. The molecule has 7 nitrogen and oxygen atoms in total. The maximum Gasteiger partial charge on any atom is 0.303 e. The van der Waals surface area contributed by atoms with Gasteiger partial charge in [-0.2, -0.15) is 0 Å². The molecule has 2 heterocycles. The standard InChI is InChI=1S/C17H19N3O4/c1-11-2-4-12(5-3-11)16-18-19-17(24-16)13-8-9-20(10-13)14(21)6-7-15(22)23/h2-5,13H,6-10H2,1H3,(H,22,23)/t13-/m0/s1. The quantitative estimate of drug-likeness (QED) is 0.903. The summed E-state index contributed by atoms with van der Waals surface area (Å²) in [4.78, 5) is 24.2. The average Bonchev–Trinajstić information content (AvgIpc) is 3.22. The van der Waals surface area contributed by atoms with E-state index in [1.54, 1.807) is 4.90 Å². The van der Waals surface area contributed by atoms with Crippen molar-refractivity contribution >= 4 is 11.9 Å². The Bertz CT molecular complexity index is 739. The Labute approximate surface area is 139 Å². The number of carboxylic acid groups (broad SMARTS) is 1. The molecule has 3 rings (SSSR count). The van der Waals surface area contributed by atoms with Gasteiger partial charge in [0.25, 0.3) is 0 Å². The summed E-state index contributed by atoms with van der Waals surface area (Å²) in [6, 6.07) is 7.83. The molecule has 0 radical (unpaired) electrons. The summed E-state index contributed by atoms with van der Waals surface area (Å²) in [6.07, 6.45) is 0.632. The van der Waals surface area contributed by atoms with Crippen LogP contribution in [-0.4, -0.2) is 45.2 Å². The van der Waals surface area contributed by atoms with Crippen LogP contribution in [-0.2, 0) is 9.59 Å². The van der Waals surface area contributed by atoms with Crippen LogP contribution in [0.25, 0.3) is 11.5 Å². The van der Waals surface area contributed by atoms with Gasteiger partial charge in [-0.25, -0.2) is 0 Å².